The van der Waals surface area contributed by atoms with Crippen molar-refractivity contribution in [3.05, 3.63) is 74.0 Å². The number of nitrogen functional groups attached to an aromatic ring is 1. The highest BCUT2D eigenvalue weighted by molar-refractivity contribution is 9.10. The number of aromatic amines is 1. The van der Waals surface area contributed by atoms with Crippen LogP contribution in [-0.2, 0) is 6.61 Å². The maximum Gasteiger partial charge on any atom is 0.342 e. The summed E-state index contributed by atoms with van der Waals surface area (Å²) in [6, 6.07) is 11.8. The molecular weight excluding hydrogens is 472 g/mol. The van der Waals surface area contributed by atoms with E-state index in [2.05, 4.69) is 20.9 Å². The molecule has 0 saturated carbocycles. The third-order valence-electron chi connectivity index (χ3n) is 4.41. The predicted octanol–water partition coefficient (Wildman–Crippen LogP) is 3.37. The van der Waals surface area contributed by atoms with Crippen LogP contribution in [0.4, 0.5) is 5.82 Å². The molecule has 0 atom stereocenters. The van der Waals surface area contributed by atoms with Crippen LogP contribution in [0.15, 0.2) is 51.7 Å². The number of nitrogens with two attached hydrogens (primary N) is 1. The number of hydrogen-bond donors (Lipinski definition) is 4. The van der Waals surface area contributed by atoms with E-state index >= 15 is 0 Å². The lowest BCUT2D eigenvalue weighted by molar-refractivity contribution is 0.0695. The predicted molar refractivity (Wildman–Crippen MR) is 116 cm³/mol. The molecule has 9 nitrogen and oxygen atoms in total. The molecule has 31 heavy (non-hydrogen) atoms. The average Bonchev–Trinajstić information content (AvgIpc) is 2.71. The molecule has 0 aliphatic carbocycles. The van der Waals surface area contributed by atoms with Gasteiger partial charge in [-0.3, -0.25) is 4.79 Å². The Labute approximate surface area is 184 Å². The topological polar surface area (TPSA) is 152 Å². The van der Waals surface area contributed by atoms with Crippen molar-refractivity contribution in [2.24, 2.45) is 0 Å². The first kappa shape index (κ1) is 21.9. The van der Waals surface area contributed by atoms with Crippen molar-refractivity contribution in [1.82, 2.24) is 4.98 Å². The number of ether oxygens (including phenoxy) is 2. The molecule has 160 valence electrons. The Morgan fingerprint density at radius 2 is 1.77 bits per heavy atom. The fourth-order valence-electron chi connectivity index (χ4n) is 3.07. The van der Waals surface area contributed by atoms with Crippen molar-refractivity contribution in [1.29, 1.82) is 0 Å². The number of anilines is 1. The van der Waals surface area contributed by atoms with Crippen LogP contribution in [0.2, 0.25) is 0 Å². The lowest BCUT2D eigenvalue weighted by atomic mass is 9.95. The molecule has 1 heterocycles. The van der Waals surface area contributed by atoms with Crippen molar-refractivity contribution >= 4 is 33.7 Å². The summed E-state index contributed by atoms with van der Waals surface area (Å²) < 4.78 is 12.0. The van der Waals surface area contributed by atoms with Crippen molar-refractivity contribution in [3.63, 3.8) is 0 Å². The minimum atomic E-state index is -1.59. The molecule has 0 spiro atoms. The van der Waals surface area contributed by atoms with Gasteiger partial charge in [-0.1, -0.05) is 34.1 Å². The molecule has 0 radical (unpaired) electrons. The van der Waals surface area contributed by atoms with Crippen LogP contribution < -0.4 is 20.8 Å². The summed E-state index contributed by atoms with van der Waals surface area (Å²) in [5.74, 6) is -2.96. The molecule has 0 fully saturated rings. The van der Waals surface area contributed by atoms with Crippen LogP contribution in [0.5, 0.6) is 11.5 Å². The Morgan fingerprint density at radius 3 is 2.39 bits per heavy atom. The van der Waals surface area contributed by atoms with E-state index in [1.54, 1.807) is 0 Å². The Morgan fingerprint density at radius 1 is 1.06 bits per heavy atom. The first-order valence-electron chi connectivity index (χ1n) is 8.81. The van der Waals surface area contributed by atoms with Crippen LogP contribution in [-0.4, -0.2) is 34.2 Å². The molecule has 0 aliphatic rings. The number of methoxy groups -OCH3 is 1. The van der Waals surface area contributed by atoms with Crippen molar-refractivity contribution in [3.8, 4) is 22.6 Å². The Hall–Kier alpha value is -3.79. The van der Waals surface area contributed by atoms with E-state index in [1.165, 1.54) is 25.3 Å². The number of nitrogens with one attached hydrogen (secondary N) is 1. The number of aromatic carboxylic acids is 2. The minimum Gasteiger partial charge on any atom is -0.493 e. The molecule has 0 amide bonds. The van der Waals surface area contributed by atoms with Gasteiger partial charge in [0.2, 0.25) is 0 Å². The summed E-state index contributed by atoms with van der Waals surface area (Å²) in [5.41, 5.74) is 4.08. The quantitative estimate of drug-likeness (QED) is 0.394. The second-order valence-corrected chi connectivity index (χ2v) is 7.30. The highest BCUT2D eigenvalue weighted by Crippen LogP contribution is 2.36. The van der Waals surface area contributed by atoms with Crippen molar-refractivity contribution in [2.75, 3.05) is 12.8 Å². The second kappa shape index (κ2) is 8.92. The SMILES string of the molecule is COc1cc(-c2c(C(=O)O)c(N)[nH]c(=O)c2C(=O)O)ccc1OCc1cccc(Br)c1. The number of aromatic nitrogens is 1. The summed E-state index contributed by atoms with van der Waals surface area (Å²) in [6.45, 7) is 0.230. The molecule has 10 heteroatoms. The van der Waals surface area contributed by atoms with E-state index < -0.39 is 34.4 Å². The molecule has 1 aromatic heterocycles. The van der Waals surface area contributed by atoms with Gasteiger partial charge in [-0.25, -0.2) is 9.59 Å². The van der Waals surface area contributed by atoms with E-state index in [0.29, 0.717) is 5.75 Å². The first-order valence-corrected chi connectivity index (χ1v) is 9.60. The number of carbonyl (C=O) groups is 2. The van der Waals surface area contributed by atoms with Gasteiger partial charge < -0.3 is 30.4 Å². The van der Waals surface area contributed by atoms with Crippen molar-refractivity contribution in [2.45, 2.75) is 6.61 Å². The van der Waals surface area contributed by atoms with Gasteiger partial charge in [-0.2, -0.15) is 0 Å². The standard InChI is InChI=1S/C21H17BrN2O7/c1-30-14-8-11(5-6-13(14)31-9-10-3-2-4-12(22)7-10)15-16(20(26)27)18(23)24-19(25)17(15)21(28)29/h2-8H,9H2,1H3,(H,26,27)(H,28,29)(H3,23,24,25). The molecule has 2 aromatic carbocycles. The minimum absolute atomic E-state index is 0.124. The fraction of sp³-hybridized carbons (Fsp3) is 0.0952. The zero-order valence-electron chi connectivity index (χ0n) is 16.1. The zero-order valence-corrected chi connectivity index (χ0v) is 17.7. The van der Waals surface area contributed by atoms with Crippen LogP contribution in [0, 0.1) is 0 Å². The lowest BCUT2D eigenvalue weighted by Gasteiger charge is -2.15. The molecular formula is C21H17BrN2O7. The maximum atomic E-state index is 12.2. The summed E-state index contributed by atoms with van der Waals surface area (Å²) >= 11 is 3.39. The summed E-state index contributed by atoms with van der Waals surface area (Å²) in [6.07, 6.45) is 0. The third-order valence-corrected chi connectivity index (χ3v) is 4.90. The highest BCUT2D eigenvalue weighted by atomic mass is 79.9. The number of rotatable bonds is 7. The van der Waals surface area contributed by atoms with Gasteiger partial charge in [-0.05, 0) is 35.4 Å². The van der Waals surface area contributed by atoms with E-state index in [9.17, 15) is 24.6 Å². The molecule has 0 aliphatic heterocycles. The fourth-order valence-corrected chi connectivity index (χ4v) is 3.51. The number of pyridine rings is 1. The van der Waals surface area contributed by atoms with Crippen LogP contribution in [0.25, 0.3) is 11.1 Å². The van der Waals surface area contributed by atoms with E-state index in [1.807, 2.05) is 24.3 Å². The molecule has 5 N–H and O–H groups in total. The van der Waals surface area contributed by atoms with Gasteiger partial charge in [-0.15, -0.1) is 0 Å². The number of H-pyrrole nitrogens is 1. The Bertz CT molecular complexity index is 1240. The average molecular weight is 489 g/mol. The number of benzene rings is 2. The van der Waals surface area contributed by atoms with Gasteiger partial charge in [0, 0.05) is 10.0 Å². The van der Waals surface area contributed by atoms with Crippen LogP contribution in [0.3, 0.4) is 0 Å². The molecule has 0 bridgehead atoms. The van der Waals surface area contributed by atoms with Crippen LogP contribution >= 0.6 is 15.9 Å². The molecule has 0 unspecified atom stereocenters. The van der Waals surface area contributed by atoms with Gasteiger partial charge >= 0.3 is 11.9 Å². The smallest absolute Gasteiger partial charge is 0.342 e. The summed E-state index contributed by atoms with van der Waals surface area (Å²) in [5, 5.41) is 19.1. The second-order valence-electron chi connectivity index (χ2n) is 6.39. The zero-order chi connectivity index (χ0) is 22.7. The summed E-state index contributed by atoms with van der Waals surface area (Å²) in [4.78, 5) is 37.7. The van der Waals surface area contributed by atoms with Crippen LogP contribution in [0.1, 0.15) is 26.3 Å². The highest BCUT2D eigenvalue weighted by Gasteiger charge is 2.27. The van der Waals surface area contributed by atoms with E-state index in [4.69, 9.17) is 15.2 Å². The number of carboxylic acid groups (broad SMARTS) is 2. The van der Waals surface area contributed by atoms with E-state index in [0.717, 1.165) is 10.0 Å². The lowest BCUT2D eigenvalue weighted by Crippen LogP contribution is -2.24. The maximum absolute atomic E-state index is 12.2. The van der Waals surface area contributed by atoms with E-state index in [-0.39, 0.29) is 23.5 Å². The first-order chi connectivity index (χ1) is 14.7. The summed E-state index contributed by atoms with van der Waals surface area (Å²) in [7, 11) is 1.38. The Balaban J connectivity index is 2.09. The Kier molecular flexibility index (Phi) is 6.30. The molecule has 3 aromatic rings. The number of carboxylic acids is 2. The van der Waals surface area contributed by atoms with Gasteiger partial charge in [0.25, 0.3) is 5.56 Å². The normalized spacial score (nSPS) is 10.5. The largest absolute Gasteiger partial charge is 0.493 e. The van der Waals surface area contributed by atoms with Gasteiger partial charge in [0.15, 0.2) is 11.5 Å². The molecule has 0 saturated heterocycles. The monoisotopic (exact) mass is 488 g/mol. The van der Waals surface area contributed by atoms with Gasteiger partial charge in [0.05, 0.1) is 7.11 Å². The van der Waals surface area contributed by atoms with Gasteiger partial charge in [0.1, 0.15) is 23.6 Å². The van der Waals surface area contributed by atoms with Crippen molar-refractivity contribution < 1.29 is 29.3 Å². The third kappa shape index (κ3) is 4.53. The number of hydrogen-bond acceptors (Lipinski definition) is 6. The number of halogens is 1. The molecule has 3 rings (SSSR count).